The Bertz CT molecular complexity index is 1340. The molecule has 0 saturated carbocycles. The molecule has 4 rings (SSSR count). The van der Waals surface area contributed by atoms with E-state index in [1.54, 1.807) is 80.6 Å². The van der Waals surface area contributed by atoms with E-state index in [0.717, 1.165) is 0 Å². The van der Waals surface area contributed by atoms with E-state index in [9.17, 15) is 19.1 Å². The number of aryl methyl sites for hydroxylation is 1. The number of carbonyl (C=O) groups excluding carboxylic acids is 1. The van der Waals surface area contributed by atoms with E-state index in [0.29, 0.717) is 21.8 Å². The van der Waals surface area contributed by atoms with Crippen LogP contribution < -0.4 is 5.32 Å². The molecule has 1 aliphatic rings. The maximum atomic E-state index is 14.3. The Morgan fingerprint density at radius 3 is 2.53 bits per heavy atom. The van der Waals surface area contributed by atoms with Crippen molar-refractivity contribution in [3.63, 3.8) is 0 Å². The number of anilines is 1. The zero-order chi connectivity index (χ0) is 25.9. The lowest BCUT2D eigenvalue weighted by Crippen LogP contribution is -2.28. The fourth-order valence-electron chi connectivity index (χ4n) is 4.22. The standard InChI is InChI=1S/C27H24ClFN2O5/c1-16-24(30-26(34)35-17(2)19-7-3-5-9-21(19)28)25(36-31-16)27(15-23(32)33)13-11-18(12-14-27)20-8-4-6-10-22(20)29/h3-14,17-18H,15H2,1-2H3,(H,30,34)(H,32,33)/t17-,18?,27?/m1/s1. The zero-order valence-electron chi connectivity index (χ0n) is 19.6. The third kappa shape index (κ3) is 5.18. The number of ether oxygens (including phenoxy) is 1. The van der Waals surface area contributed by atoms with Gasteiger partial charge in [0.05, 0.1) is 11.8 Å². The van der Waals surface area contributed by atoms with Crippen LogP contribution in [0.4, 0.5) is 14.9 Å². The second-order valence-corrected chi connectivity index (χ2v) is 8.95. The maximum Gasteiger partial charge on any atom is 0.412 e. The number of hydrogen-bond acceptors (Lipinski definition) is 5. The maximum absolute atomic E-state index is 14.3. The van der Waals surface area contributed by atoms with Crippen LogP contribution >= 0.6 is 11.6 Å². The van der Waals surface area contributed by atoms with Crippen LogP contribution in [-0.4, -0.2) is 22.3 Å². The van der Waals surface area contributed by atoms with Crippen molar-refractivity contribution in [2.45, 2.75) is 37.7 Å². The summed E-state index contributed by atoms with van der Waals surface area (Å²) >= 11 is 6.20. The van der Waals surface area contributed by atoms with Crippen molar-refractivity contribution in [3.05, 3.63) is 106 Å². The number of carboxylic acids is 1. The van der Waals surface area contributed by atoms with Gasteiger partial charge in [-0.1, -0.05) is 77.5 Å². The van der Waals surface area contributed by atoms with E-state index in [1.807, 2.05) is 0 Å². The highest BCUT2D eigenvalue weighted by Crippen LogP contribution is 2.42. The lowest BCUT2D eigenvalue weighted by Gasteiger charge is -2.28. The number of amides is 1. The minimum absolute atomic E-state index is 0.129. The van der Waals surface area contributed by atoms with Crippen LogP contribution in [-0.2, 0) is 14.9 Å². The van der Waals surface area contributed by atoms with Crippen LogP contribution in [0.1, 0.15) is 47.9 Å². The number of nitrogens with one attached hydrogen (secondary N) is 1. The summed E-state index contributed by atoms with van der Waals surface area (Å²) < 4.78 is 25.3. The van der Waals surface area contributed by atoms with Crippen molar-refractivity contribution in [1.82, 2.24) is 5.16 Å². The first-order valence-corrected chi connectivity index (χ1v) is 11.6. The summed E-state index contributed by atoms with van der Waals surface area (Å²) in [4.78, 5) is 24.6. The van der Waals surface area contributed by atoms with Gasteiger partial charge in [0.1, 0.15) is 23.3 Å². The largest absolute Gasteiger partial charge is 0.481 e. The number of allylic oxidation sites excluding steroid dienone is 4. The average molecular weight is 511 g/mol. The molecule has 2 aromatic carbocycles. The third-order valence-corrected chi connectivity index (χ3v) is 6.39. The Hall–Kier alpha value is -3.91. The van der Waals surface area contributed by atoms with Gasteiger partial charge in [0, 0.05) is 16.5 Å². The van der Waals surface area contributed by atoms with Gasteiger partial charge in [-0.2, -0.15) is 0 Å². The van der Waals surface area contributed by atoms with Gasteiger partial charge in [-0.3, -0.25) is 10.1 Å². The lowest BCUT2D eigenvalue weighted by atomic mass is 9.75. The van der Waals surface area contributed by atoms with Crippen LogP contribution in [0.5, 0.6) is 0 Å². The number of carbonyl (C=O) groups is 2. The third-order valence-electron chi connectivity index (χ3n) is 6.05. The predicted octanol–water partition coefficient (Wildman–Crippen LogP) is 6.71. The van der Waals surface area contributed by atoms with Crippen molar-refractivity contribution in [2.24, 2.45) is 0 Å². The molecule has 0 unspecified atom stereocenters. The van der Waals surface area contributed by atoms with E-state index in [4.69, 9.17) is 20.9 Å². The second-order valence-electron chi connectivity index (χ2n) is 8.54. The normalized spacial score (nSPS) is 19.6. The summed E-state index contributed by atoms with van der Waals surface area (Å²) in [6.45, 7) is 3.30. The van der Waals surface area contributed by atoms with Gasteiger partial charge < -0.3 is 14.4 Å². The molecule has 7 nitrogen and oxygen atoms in total. The molecule has 186 valence electrons. The van der Waals surface area contributed by atoms with E-state index >= 15 is 0 Å². The summed E-state index contributed by atoms with van der Waals surface area (Å²) in [7, 11) is 0. The molecule has 1 aromatic heterocycles. The van der Waals surface area contributed by atoms with E-state index in [-0.39, 0.29) is 23.7 Å². The molecule has 1 amide bonds. The highest BCUT2D eigenvalue weighted by molar-refractivity contribution is 6.31. The van der Waals surface area contributed by atoms with E-state index in [1.165, 1.54) is 6.07 Å². The van der Waals surface area contributed by atoms with Gasteiger partial charge in [0.2, 0.25) is 0 Å². The van der Waals surface area contributed by atoms with Gasteiger partial charge in [0.15, 0.2) is 5.76 Å². The van der Waals surface area contributed by atoms with Crippen LogP contribution in [0.15, 0.2) is 77.4 Å². The first-order valence-electron chi connectivity index (χ1n) is 11.2. The number of nitrogens with zero attached hydrogens (tertiary/aromatic N) is 1. The molecule has 1 aliphatic carbocycles. The number of rotatable bonds is 7. The van der Waals surface area contributed by atoms with Crippen molar-refractivity contribution in [2.75, 3.05) is 5.32 Å². The van der Waals surface area contributed by atoms with Crippen molar-refractivity contribution in [3.8, 4) is 0 Å². The number of aromatic nitrogens is 1. The number of aliphatic carboxylic acids is 1. The summed E-state index contributed by atoms with van der Waals surface area (Å²) in [5.41, 5.74) is 0.377. The molecule has 3 aromatic rings. The Morgan fingerprint density at radius 2 is 1.86 bits per heavy atom. The molecule has 0 bridgehead atoms. The highest BCUT2D eigenvalue weighted by atomic mass is 35.5. The molecule has 1 heterocycles. The zero-order valence-corrected chi connectivity index (χ0v) is 20.3. The van der Waals surface area contributed by atoms with Gasteiger partial charge in [-0.15, -0.1) is 0 Å². The molecule has 0 radical (unpaired) electrons. The molecule has 9 heteroatoms. The molecular weight excluding hydrogens is 487 g/mol. The number of halogens is 2. The van der Waals surface area contributed by atoms with Crippen molar-refractivity contribution < 1.29 is 28.3 Å². The smallest absolute Gasteiger partial charge is 0.412 e. The molecule has 0 aliphatic heterocycles. The molecular formula is C27H24ClFN2O5. The van der Waals surface area contributed by atoms with E-state index in [2.05, 4.69) is 10.5 Å². The topological polar surface area (TPSA) is 102 Å². The van der Waals surface area contributed by atoms with Crippen LogP contribution in [0, 0.1) is 12.7 Å². The SMILES string of the molecule is Cc1noc(C2(CC(=O)O)C=CC(c3ccccc3F)C=C2)c1NC(=O)O[C@H](C)c1ccccc1Cl. The van der Waals surface area contributed by atoms with E-state index < -0.39 is 29.5 Å². The minimum atomic E-state index is -1.26. The van der Waals surface area contributed by atoms with Gasteiger partial charge >= 0.3 is 12.1 Å². The van der Waals surface area contributed by atoms with Crippen LogP contribution in [0.25, 0.3) is 0 Å². The van der Waals surface area contributed by atoms with Gasteiger partial charge in [-0.05, 0) is 31.5 Å². The van der Waals surface area contributed by atoms with Crippen LogP contribution in [0.2, 0.25) is 5.02 Å². The second kappa shape index (κ2) is 10.4. The quantitative estimate of drug-likeness (QED) is 0.342. The highest BCUT2D eigenvalue weighted by Gasteiger charge is 2.39. The van der Waals surface area contributed by atoms with Gasteiger partial charge in [0.25, 0.3) is 0 Å². The summed E-state index contributed by atoms with van der Waals surface area (Å²) in [5, 5.41) is 16.7. The summed E-state index contributed by atoms with van der Waals surface area (Å²) in [5.74, 6) is -1.72. The van der Waals surface area contributed by atoms with Gasteiger partial charge in [-0.25, -0.2) is 9.18 Å². The van der Waals surface area contributed by atoms with Crippen molar-refractivity contribution >= 4 is 29.4 Å². The molecule has 36 heavy (non-hydrogen) atoms. The Balaban J connectivity index is 1.61. The van der Waals surface area contributed by atoms with Crippen LogP contribution in [0.3, 0.4) is 0 Å². The summed E-state index contributed by atoms with van der Waals surface area (Å²) in [6, 6.07) is 13.4. The Labute approximate surface area is 212 Å². The number of carboxylic acid groups (broad SMARTS) is 1. The molecule has 0 spiro atoms. The molecule has 1 atom stereocenters. The first-order chi connectivity index (χ1) is 17.2. The average Bonchev–Trinajstić information content (AvgIpc) is 3.20. The lowest BCUT2D eigenvalue weighted by molar-refractivity contribution is -0.137. The minimum Gasteiger partial charge on any atom is -0.481 e. The Morgan fingerprint density at radius 1 is 1.19 bits per heavy atom. The Kier molecular flexibility index (Phi) is 7.26. The molecule has 0 saturated heterocycles. The molecule has 0 fully saturated rings. The summed E-state index contributed by atoms with van der Waals surface area (Å²) in [6.07, 6.45) is 4.89. The number of hydrogen-bond donors (Lipinski definition) is 2. The fraction of sp³-hybridized carbons (Fsp3) is 0.222. The predicted molar refractivity (Wildman–Crippen MR) is 133 cm³/mol. The first kappa shape index (κ1) is 25.2. The number of benzene rings is 2. The fourth-order valence-corrected chi connectivity index (χ4v) is 4.51. The van der Waals surface area contributed by atoms with Crippen molar-refractivity contribution in [1.29, 1.82) is 0 Å². The molecule has 2 N–H and O–H groups in total. The monoisotopic (exact) mass is 510 g/mol.